The first-order chi connectivity index (χ1) is 11.5. The molecule has 0 aromatic heterocycles. The average Bonchev–Trinajstić information content (AvgIpc) is 2.58. The summed E-state index contributed by atoms with van der Waals surface area (Å²) in [5.41, 5.74) is 4.38. The van der Waals surface area contributed by atoms with Crippen LogP contribution in [0.5, 0.6) is 0 Å². The minimum atomic E-state index is 0.0510. The van der Waals surface area contributed by atoms with Crippen molar-refractivity contribution >= 4 is 16.9 Å². The van der Waals surface area contributed by atoms with Crippen molar-refractivity contribution in [1.29, 1.82) is 0 Å². The molecule has 0 fully saturated rings. The van der Waals surface area contributed by atoms with Crippen molar-refractivity contribution in [3.05, 3.63) is 83.9 Å². The van der Waals surface area contributed by atoms with Crippen LogP contribution in [-0.2, 0) is 4.79 Å². The topological polar surface area (TPSA) is 17.1 Å². The number of benzene rings is 2. The van der Waals surface area contributed by atoms with Gasteiger partial charge in [0.2, 0.25) is 0 Å². The number of allylic oxidation sites excluding steroid dienone is 4. The van der Waals surface area contributed by atoms with E-state index >= 15 is 0 Å². The van der Waals surface area contributed by atoms with Crippen LogP contribution in [0.4, 0.5) is 0 Å². The molecule has 2 aromatic rings. The summed E-state index contributed by atoms with van der Waals surface area (Å²) in [6.07, 6.45) is 3.57. The lowest BCUT2D eigenvalue weighted by molar-refractivity contribution is -0.110. The van der Waals surface area contributed by atoms with Crippen LogP contribution in [-0.4, -0.2) is 5.78 Å². The first-order valence-corrected chi connectivity index (χ1v) is 8.57. The van der Waals surface area contributed by atoms with Gasteiger partial charge in [0, 0.05) is 0 Å². The molecule has 124 valence electrons. The summed E-state index contributed by atoms with van der Waals surface area (Å²) in [6.45, 7) is 8.49. The molecule has 0 saturated carbocycles. The summed E-state index contributed by atoms with van der Waals surface area (Å²) in [4.78, 5) is 12.7. The number of hydrogen-bond donors (Lipinski definition) is 0. The fourth-order valence-electron chi connectivity index (χ4n) is 2.78. The highest BCUT2D eigenvalue weighted by molar-refractivity contribution is 6.08. The van der Waals surface area contributed by atoms with E-state index in [-0.39, 0.29) is 5.78 Å². The molecule has 0 spiro atoms. The van der Waals surface area contributed by atoms with E-state index in [2.05, 4.69) is 52.0 Å². The molecule has 0 aliphatic heterocycles. The second-order valence-corrected chi connectivity index (χ2v) is 6.64. The van der Waals surface area contributed by atoms with E-state index in [4.69, 9.17) is 0 Å². The van der Waals surface area contributed by atoms with Gasteiger partial charge in [0.05, 0.1) is 0 Å². The third kappa shape index (κ3) is 4.79. The second kappa shape index (κ2) is 8.44. The first kappa shape index (κ1) is 17.9. The van der Waals surface area contributed by atoms with Crippen molar-refractivity contribution in [2.75, 3.05) is 0 Å². The Balaban J connectivity index is 2.38. The van der Waals surface area contributed by atoms with Gasteiger partial charge in [-0.1, -0.05) is 88.4 Å². The highest BCUT2D eigenvalue weighted by atomic mass is 16.1. The molecule has 0 bridgehead atoms. The lowest BCUT2D eigenvalue weighted by Crippen LogP contribution is -2.01. The molecule has 0 radical (unpaired) electrons. The molecule has 1 nitrogen and oxygen atoms in total. The van der Waals surface area contributed by atoms with Gasteiger partial charge < -0.3 is 0 Å². The lowest BCUT2D eigenvalue weighted by Gasteiger charge is -2.13. The molecular formula is C23H26O. The zero-order valence-electron chi connectivity index (χ0n) is 15.0. The van der Waals surface area contributed by atoms with Gasteiger partial charge in [0.1, 0.15) is 0 Å². The van der Waals surface area contributed by atoms with Crippen molar-refractivity contribution in [1.82, 2.24) is 0 Å². The Labute approximate surface area is 145 Å². The molecule has 0 heterocycles. The molecule has 0 saturated heterocycles. The zero-order chi connectivity index (χ0) is 17.5. The van der Waals surface area contributed by atoms with Crippen LogP contribution in [0.15, 0.2) is 72.8 Å². The molecular weight excluding hydrogens is 292 g/mol. The van der Waals surface area contributed by atoms with Gasteiger partial charge in [-0.3, -0.25) is 4.79 Å². The summed E-state index contributed by atoms with van der Waals surface area (Å²) >= 11 is 0. The number of rotatable bonds is 6. The van der Waals surface area contributed by atoms with Crippen LogP contribution in [0, 0.1) is 11.8 Å². The fourth-order valence-corrected chi connectivity index (χ4v) is 2.78. The Hall–Kier alpha value is -2.41. The van der Waals surface area contributed by atoms with Gasteiger partial charge in [-0.25, -0.2) is 0 Å². The maximum Gasteiger partial charge on any atom is 0.179 e. The van der Waals surface area contributed by atoms with Crippen LogP contribution in [0.3, 0.4) is 0 Å². The number of carbonyl (C=O) groups is 1. The van der Waals surface area contributed by atoms with Crippen molar-refractivity contribution < 1.29 is 4.79 Å². The fraction of sp³-hybridized carbons (Fsp3) is 0.261. The van der Waals surface area contributed by atoms with Gasteiger partial charge in [-0.2, -0.15) is 0 Å². The normalized spacial score (nSPS) is 12.8. The molecule has 0 amide bonds. The minimum absolute atomic E-state index is 0.0510. The summed E-state index contributed by atoms with van der Waals surface area (Å²) in [5, 5.41) is 0. The Kier molecular flexibility index (Phi) is 6.31. The van der Waals surface area contributed by atoms with E-state index in [1.165, 1.54) is 0 Å². The third-order valence-corrected chi connectivity index (χ3v) is 4.05. The van der Waals surface area contributed by atoms with E-state index in [1.54, 1.807) is 12.2 Å². The summed E-state index contributed by atoms with van der Waals surface area (Å²) in [6, 6.07) is 20.3. The van der Waals surface area contributed by atoms with Crippen molar-refractivity contribution in [2.45, 2.75) is 27.7 Å². The Bertz CT molecular complexity index is 656. The lowest BCUT2D eigenvalue weighted by atomic mass is 9.91. The van der Waals surface area contributed by atoms with Crippen LogP contribution < -0.4 is 0 Å². The molecule has 0 unspecified atom stereocenters. The van der Waals surface area contributed by atoms with Gasteiger partial charge in [-0.05, 0) is 46.3 Å². The molecule has 1 heteroatoms. The molecule has 0 aliphatic rings. The van der Waals surface area contributed by atoms with Crippen LogP contribution in [0.1, 0.15) is 38.8 Å². The molecule has 2 aromatic carbocycles. The molecule has 0 atom stereocenters. The quantitative estimate of drug-likeness (QED) is 0.594. The van der Waals surface area contributed by atoms with Crippen LogP contribution in [0.2, 0.25) is 0 Å². The molecule has 0 aliphatic carbocycles. The van der Waals surface area contributed by atoms with Crippen molar-refractivity contribution in [3.63, 3.8) is 0 Å². The number of carbonyl (C=O) groups excluding carboxylic acids is 1. The Morgan fingerprint density at radius 1 is 0.667 bits per heavy atom. The van der Waals surface area contributed by atoms with E-state index < -0.39 is 0 Å². The largest absolute Gasteiger partial charge is 0.290 e. The highest BCUT2D eigenvalue weighted by Crippen LogP contribution is 2.25. The van der Waals surface area contributed by atoms with Crippen LogP contribution in [0.25, 0.3) is 11.1 Å². The highest BCUT2D eigenvalue weighted by Gasteiger charge is 2.11. The molecule has 0 N–H and O–H groups in total. The Morgan fingerprint density at radius 3 is 1.29 bits per heavy atom. The summed E-state index contributed by atoms with van der Waals surface area (Å²) < 4.78 is 0. The van der Waals surface area contributed by atoms with E-state index in [0.29, 0.717) is 11.8 Å². The van der Waals surface area contributed by atoms with Gasteiger partial charge in [-0.15, -0.1) is 0 Å². The Morgan fingerprint density at radius 2 is 1.00 bits per heavy atom. The standard InChI is InChI=1S/C23H26O/c1-17(2)22(19-11-7-5-8-12-19)15-21(24)16-23(18(3)4)20-13-9-6-10-14-20/h5-18H,1-4H3. The average molecular weight is 318 g/mol. The third-order valence-electron chi connectivity index (χ3n) is 4.05. The van der Waals surface area contributed by atoms with E-state index in [0.717, 1.165) is 22.3 Å². The predicted molar refractivity (Wildman–Crippen MR) is 104 cm³/mol. The minimum Gasteiger partial charge on any atom is -0.290 e. The van der Waals surface area contributed by atoms with Crippen molar-refractivity contribution in [2.24, 2.45) is 11.8 Å². The molecule has 2 rings (SSSR count). The maximum absolute atomic E-state index is 12.7. The smallest absolute Gasteiger partial charge is 0.179 e. The first-order valence-electron chi connectivity index (χ1n) is 8.57. The van der Waals surface area contributed by atoms with Gasteiger partial charge in [0.15, 0.2) is 5.78 Å². The summed E-state index contributed by atoms with van der Waals surface area (Å²) in [7, 11) is 0. The monoisotopic (exact) mass is 318 g/mol. The van der Waals surface area contributed by atoms with Gasteiger partial charge in [0.25, 0.3) is 0 Å². The zero-order valence-corrected chi connectivity index (χ0v) is 15.0. The van der Waals surface area contributed by atoms with Gasteiger partial charge >= 0.3 is 0 Å². The maximum atomic E-state index is 12.7. The molecule has 24 heavy (non-hydrogen) atoms. The predicted octanol–water partition coefficient (Wildman–Crippen LogP) is 6.03. The second-order valence-electron chi connectivity index (χ2n) is 6.64. The summed E-state index contributed by atoms with van der Waals surface area (Å²) in [5.74, 6) is 0.642. The number of hydrogen-bond acceptors (Lipinski definition) is 1. The van der Waals surface area contributed by atoms with E-state index in [9.17, 15) is 4.79 Å². The van der Waals surface area contributed by atoms with E-state index in [1.807, 2.05) is 36.4 Å². The number of ketones is 1. The SMILES string of the molecule is CC(C)C(=CC(=O)C=C(c1ccccc1)C(C)C)c1ccccc1. The van der Waals surface area contributed by atoms with Crippen molar-refractivity contribution in [3.8, 4) is 0 Å². The van der Waals surface area contributed by atoms with Crippen LogP contribution >= 0.6 is 0 Å².